The number of nitrogens with zero attached hydrogens (tertiary/aromatic N) is 6. The summed E-state index contributed by atoms with van der Waals surface area (Å²) >= 11 is 0. The molecule has 0 aliphatic heterocycles. The smallest absolute Gasteiger partial charge is 0.241 e. The summed E-state index contributed by atoms with van der Waals surface area (Å²) < 4.78 is 3.35. The molecule has 3 aromatic rings. The van der Waals surface area contributed by atoms with Gasteiger partial charge in [-0.3, -0.25) is 9.48 Å². The molecule has 3 rings (SSSR count). The summed E-state index contributed by atoms with van der Waals surface area (Å²) in [5, 5.41) is 14.4. The van der Waals surface area contributed by atoms with Crippen molar-refractivity contribution in [2.75, 3.05) is 18.4 Å². The van der Waals surface area contributed by atoms with E-state index < -0.39 is 0 Å². The lowest BCUT2D eigenvalue weighted by Gasteiger charge is -2.09. The number of hydrogen-bond acceptors (Lipinski definition) is 6. The fourth-order valence-electron chi connectivity index (χ4n) is 2.41. The van der Waals surface area contributed by atoms with Gasteiger partial charge < -0.3 is 10.6 Å². The third kappa shape index (κ3) is 4.40. The quantitative estimate of drug-likeness (QED) is 0.614. The highest BCUT2D eigenvalue weighted by molar-refractivity contribution is 5.75. The fourth-order valence-corrected chi connectivity index (χ4v) is 2.41. The standard InChI is InChI=1S/C16H20N8O/c1-12-8-13(2)24(22-12)15-9-14(19-11-20-15)17-5-6-18-16(25)10-23-7-3-4-21-23/h3-4,7-9,11H,5-6,10H2,1-2H3,(H,18,25)(H,17,19,20). The van der Waals surface area contributed by atoms with Gasteiger partial charge in [-0.2, -0.15) is 10.2 Å². The SMILES string of the molecule is Cc1cc(C)n(-c2cc(NCCNC(=O)Cn3cccn3)ncn2)n1. The summed E-state index contributed by atoms with van der Waals surface area (Å²) in [7, 11) is 0. The van der Waals surface area contributed by atoms with Crippen LogP contribution in [0.15, 0.2) is 36.9 Å². The average Bonchev–Trinajstić information content (AvgIpc) is 3.21. The van der Waals surface area contributed by atoms with E-state index in [1.165, 1.54) is 6.33 Å². The maximum atomic E-state index is 11.8. The Morgan fingerprint density at radius 1 is 1.20 bits per heavy atom. The van der Waals surface area contributed by atoms with Gasteiger partial charge in [0.05, 0.1) is 5.69 Å². The molecule has 0 unspecified atom stereocenters. The highest BCUT2D eigenvalue weighted by Gasteiger charge is 2.06. The summed E-state index contributed by atoms with van der Waals surface area (Å²) in [6.45, 7) is 5.17. The molecule has 0 saturated carbocycles. The van der Waals surface area contributed by atoms with Crippen molar-refractivity contribution in [3.63, 3.8) is 0 Å². The van der Waals surface area contributed by atoms with Crippen molar-refractivity contribution in [3.05, 3.63) is 48.3 Å². The molecular weight excluding hydrogens is 320 g/mol. The summed E-state index contributed by atoms with van der Waals surface area (Å²) in [6.07, 6.45) is 4.88. The Morgan fingerprint density at radius 3 is 2.80 bits per heavy atom. The minimum Gasteiger partial charge on any atom is -0.368 e. The lowest BCUT2D eigenvalue weighted by molar-refractivity contribution is -0.121. The van der Waals surface area contributed by atoms with Gasteiger partial charge in [-0.1, -0.05) is 0 Å². The van der Waals surface area contributed by atoms with Crippen molar-refractivity contribution in [2.24, 2.45) is 0 Å². The molecule has 9 heteroatoms. The zero-order chi connectivity index (χ0) is 17.6. The van der Waals surface area contributed by atoms with Crippen LogP contribution in [0, 0.1) is 13.8 Å². The Bertz CT molecular complexity index is 840. The molecule has 1 amide bonds. The monoisotopic (exact) mass is 340 g/mol. The van der Waals surface area contributed by atoms with Gasteiger partial charge >= 0.3 is 0 Å². The Morgan fingerprint density at radius 2 is 2.08 bits per heavy atom. The summed E-state index contributed by atoms with van der Waals surface area (Å²) in [5.41, 5.74) is 1.94. The molecule has 0 aromatic carbocycles. The summed E-state index contributed by atoms with van der Waals surface area (Å²) in [6, 6.07) is 5.60. The number of rotatable bonds is 7. The van der Waals surface area contributed by atoms with E-state index in [0.29, 0.717) is 24.7 Å². The van der Waals surface area contributed by atoms with E-state index in [4.69, 9.17) is 0 Å². The number of hydrogen-bond donors (Lipinski definition) is 2. The molecule has 0 saturated heterocycles. The van der Waals surface area contributed by atoms with Gasteiger partial charge in [0.1, 0.15) is 18.7 Å². The molecule has 0 radical (unpaired) electrons. The minimum atomic E-state index is -0.0866. The van der Waals surface area contributed by atoms with Crippen molar-refractivity contribution >= 4 is 11.7 Å². The van der Waals surface area contributed by atoms with Gasteiger partial charge in [0.25, 0.3) is 0 Å². The van der Waals surface area contributed by atoms with E-state index in [1.807, 2.05) is 26.0 Å². The van der Waals surface area contributed by atoms with Gasteiger partial charge in [-0.25, -0.2) is 14.6 Å². The zero-order valence-corrected chi connectivity index (χ0v) is 14.2. The number of carbonyl (C=O) groups excluding carboxylic acids is 1. The second-order valence-corrected chi connectivity index (χ2v) is 5.58. The Balaban J connectivity index is 1.49. The van der Waals surface area contributed by atoms with Crippen molar-refractivity contribution < 1.29 is 4.79 Å². The third-order valence-electron chi connectivity index (χ3n) is 3.50. The second-order valence-electron chi connectivity index (χ2n) is 5.58. The fraction of sp³-hybridized carbons (Fsp3) is 0.312. The van der Waals surface area contributed by atoms with E-state index in [1.54, 1.807) is 27.8 Å². The molecule has 9 nitrogen and oxygen atoms in total. The first-order valence-corrected chi connectivity index (χ1v) is 7.95. The predicted octanol–water partition coefficient (Wildman–Crippen LogP) is 0.704. The second kappa shape index (κ2) is 7.56. The molecular formula is C16H20N8O. The zero-order valence-electron chi connectivity index (χ0n) is 14.2. The number of aromatic nitrogens is 6. The minimum absolute atomic E-state index is 0.0866. The Kier molecular flexibility index (Phi) is 5.03. The molecule has 0 spiro atoms. The first-order valence-electron chi connectivity index (χ1n) is 7.95. The highest BCUT2D eigenvalue weighted by Crippen LogP contribution is 2.11. The summed E-state index contributed by atoms with van der Waals surface area (Å²) in [5.74, 6) is 1.29. The molecule has 0 atom stereocenters. The van der Waals surface area contributed by atoms with Crippen molar-refractivity contribution in [2.45, 2.75) is 20.4 Å². The van der Waals surface area contributed by atoms with Crippen LogP contribution in [0.3, 0.4) is 0 Å². The number of carbonyl (C=O) groups is 1. The van der Waals surface area contributed by atoms with Crippen LogP contribution in [-0.2, 0) is 11.3 Å². The lowest BCUT2D eigenvalue weighted by atomic mass is 10.4. The molecule has 0 aliphatic rings. The maximum Gasteiger partial charge on any atom is 0.241 e. The number of amides is 1. The number of nitrogens with one attached hydrogen (secondary N) is 2. The van der Waals surface area contributed by atoms with E-state index in [0.717, 1.165) is 11.4 Å². The molecule has 0 aliphatic carbocycles. The predicted molar refractivity (Wildman–Crippen MR) is 92.4 cm³/mol. The topological polar surface area (TPSA) is 103 Å². The summed E-state index contributed by atoms with van der Waals surface area (Å²) in [4.78, 5) is 20.2. The maximum absolute atomic E-state index is 11.8. The van der Waals surface area contributed by atoms with Crippen LogP contribution in [-0.4, -0.2) is 48.5 Å². The Hall–Kier alpha value is -3.23. The van der Waals surface area contributed by atoms with Gasteiger partial charge in [-0.15, -0.1) is 0 Å². The molecule has 0 bridgehead atoms. The van der Waals surface area contributed by atoms with Crippen molar-refractivity contribution in [1.82, 2.24) is 34.8 Å². The van der Waals surface area contributed by atoms with Gasteiger partial charge in [0, 0.05) is 37.2 Å². The van der Waals surface area contributed by atoms with Crippen LogP contribution in [0.25, 0.3) is 5.82 Å². The lowest BCUT2D eigenvalue weighted by Crippen LogP contribution is -2.31. The van der Waals surface area contributed by atoms with E-state index >= 15 is 0 Å². The van der Waals surface area contributed by atoms with Gasteiger partial charge in [0.2, 0.25) is 5.91 Å². The molecule has 25 heavy (non-hydrogen) atoms. The number of anilines is 1. The van der Waals surface area contributed by atoms with Crippen molar-refractivity contribution in [3.8, 4) is 5.82 Å². The van der Waals surface area contributed by atoms with E-state index in [-0.39, 0.29) is 12.5 Å². The average molecular weight is 340 g/mol. The molecule has 3 aromatic heterocycles. The first-order chi connectivity index (χ1) is 12.1. The normalized spacial score (nSPS) is 10.6. The van der Waals surface area contributed by atoms with Crippen LogP contribution in [0.1, 0.15) is 11.4 Å². The van der Waals surface area contributed by atoms with Crippen LogP contribution in [0.4, 0.5) is 5.82 Å². The molecule has 0 fully saturated rings. The Labute approximate surface area is 145 Å². The van der Waals surface area contributed by atoms with Crippen LogP contribution in [0.5, 0.6) is 0 Å². The third-order valence-corrected chi connectivity index (χ3v) is 3.50. The first kappa shape index (κ1) is 16.6. The van der Waals surface area contributed by atoms with Crippen LogP contribution < -0.4 is 10.6 Å². The molecule has 130 valence electrons. The van der Waals surface area contributed by atoms with Crippen molar-refractivity contribution in [1.29, 1.82) is 0 Å². The van der Waals surface area contributed by atoms with Gasteiger partial charge in [0.15, 0.2) is 5.82 Å². The van der Waals surface area contributed by atoms with E-state index in [9.17, 15) is 4.79 Å². The largest absolute Gasteiger partial charge is 0.368 e. The van der Waals surface area contributed by atoms with Crippen LogP contribution in [0.2, 0.25) is 0 Å². The molecule has 2 N–H and O–H groups in total. The van der Waals surface area contributed by atoms with E-state index in [2.05, 4.69) is 30.8 Å². The van der Waals surface area contributed by atoms with Gasteiger partial charge in [-0.05, 0) is 26.0 Å². The van der Waals surface area contributed by atoms with Crippen LogP contribution >= 0.6 is 0 Å². The highest BCUT2D eigenvalue weighted by atomic mass is 16.2. The molecule has 3 heterocycles. The number of aryl methyl sites for hydroxylation is 2.